The van der Waals surface area contributed by atoms with Crippen LogP contribution in [0.3, 0.4) is 0 Å². The van der Waals surface area contributed by atoms with Gasteiger partial charge in [0.1, 0.15) is 0 Å². The standard InChI is InChI=1S/C13H24N2OS2/c1-10(12(14)17)8-15(2)11-3-5-16-13(7-11)4-6-18-9-13/h10-11H,3-9H2,1-2H3,(H2,14,17). The fourth-order valence-corrected chi connectivity index (χ4v) is 4.37. The van der Waals surface area contributed by atoms with E-state index in [-0.39, 0.29) is 5.60 Å². The number of ether oxygens (including phenoxy) is 1. The van der Waals surface area contributed by atoms with E-state index in [1.807, 2.05) is 11.8 Å². The van der Waals surface area contributed by atoms with Crippen LogP contribution in [0.25, 0.3) is 0 Å². The Morgan fingerprint density at radius 1 is 1.67 bits per heavy atom. The minimum atomic E-state index is 0.161. The zero-order valence-corrected chi connectivity index (χ0v) is 13.0. The summed E-state index contributed by atoms with van der Waals surface area (Å²) in [7, 11) is 2.19. The molecule has 0 aromatic heterocycles. The van der Waals surface area contributed by atoms with Gasteiger partial charge in [0.15, 0.2) is 0 Å². The van der Waals surface area contributed by atoms with E-state index in [4.69, 9.17) is 22.7 Å². The third-order valence-electron chi connectivity index (χ3n) is 4.20. The van der Waals surface area contributed by atoms with Crippen LogP contribution in [0.5, 0.6) is 0 Å². The molecule has 0 aromatic rings. The number of thioether (sulfide) groups is 1. The maximum Gasteiger partial charge on any atom is 0.0795 e. The molecule has 0 bridgehead atoms. The van der Waals surface area contributed by atoms with Gasteiger partial charge in [0, 0.05) is 30.9 Å². The molecule has 2 aliphatic rings. The second-order valence-corrected chi connectivity index (χ2v) is 7.30. The second-order valence-electron chi connectivity index (χ2n) is 5.72. The molecule has 3 atom stereocenters. The first-order chi connectivity index (χ1) is 8.52. The molecule has 0 aliphatic carbocycles. The highest BCUT2D eigenvalue weighted by Gasteiger charge is 2.41. The highest BCUT2D eigenvalue weighted by molar-refractivity contribution is 7.99. The Kier molecular flexibility index (Phi) is 4.92. The first-order valence-corrected chi connectivity index (χ1v) is 8.30. The summed E-state index contributed by atoms with van der Waals surface area (Å²) < 4.78 is 6.06. The number of hydrogen-bond acceptors (Lipinski definition) is 4. The predicted molar refractivity (Wildman–Crippen MR) is 82.2 cm³/mol. The molecule has 1 spiro atoms. The summed E-state index contributed by atoms with van der Waals surface area (Å²) in [6.45, 7) is 3.97. The van der Waals surface area contributed by atoms with Crippen LogP contribution in [0.2, 0.25) is 0 Å². The fraction of sp³-hybridized carbons (Fsp3) is 0.923. The lowest BCUT2D eigenvalue weighted by Gasteiger charge is -2.42. The summed E-state index contributed by atoms with van der Waals surface area (Å²) in [5, 5.41) is 0. The number of rotatable bonds is 4. The molecule has 18 heavy (non-hydrogen) atoms. The summed E-state index contributed by atoms with van der Waals surface area (Å²) in [4.78, 5) is 3.05. The van der Waals surface area contributed by atoms with E-state index in [0.29, 0.717) is 16.9 Å². The molecule has 3 unspecified atom stereocenters. The van der Waals surface area contributed by atoms with E-state index >= 15 is 0 Å². The number of nitrogens with two attached hydrogens (primary N) is 1. The van der Waals surface area contributed by atoms with Gasteiger partial charge in [-0.15, -0.1) is 0 Å². The zero-order chi connectivity index (χ0) is 13.2. The van der Waals surface area contributed by atoms with Gasteiger partial charge >= 0.3 is 0 Å². The van der Waals surface area contributed by atoms with Gasteiger partial charge in [-0.25, -0.2) is 0 Å². The molecule has 0 saturated carbocycles. The summed E-state index contributed by atoms with van der Waals surface area (Å²) in [5.41, 5.74) is 5.87. The topological polar surface area (TPSA) is 38.5 Å². The summed E-state index contributed by atoms with van der Waals surface area (Å²) in [6, 6.07) is 0.620. The number of thiocarbonyl (C=S) groups is 1. The van der Waals surface area contributed by atoms with Crippen LogP contribution < -0.4 is 5.73 Å². The summed E-state index contributed by atoms with van der Waals surface area (Å²) in [5.74, 6) is 2.71. The monoisotopic (exact) mass is 288 g/mol. The molecule has 104 valence electrons. The predicted octanol–water partition coefficient (Wildman–Crippen LogP) is 1.90. The Balaban J connectivity index is 1.90. The van der Waals surface area contributed by atoms with Gasteiger partial charge in [0.25, 0.3) is 0 Å². The van der Waals surface area contributed by atoms with Crippen molar-refractivity contribution >= 4 is 29.0 Å². The molecule has 2 heterocycles. The average molecular weight is 288 g/mol. The van der Waals surface area contributed by atoms with Crippen LogP contribution in [0.4, 0.5) is 0 Å². The quantitative estimate of drug-likeness (QED) is 0.800. The van der Waals surface area contributed by atoms with Crippen molar-refractivity contribution in [1.82, 2.24) is 4.90 Å². The highest BCUT2D eigenvalue weighted by atomic mass is 32.2. The lowest BCUT2D eigenvalue weighted by molar-refractivity contribution is -0.0869. The highest BCUT2D eigenvalue weighted by Crippen LogP contribution is 2.39. The van der Waals surface area contributed by atoms with Gasteiger partial charge in [-0.1, -0.05) is 19.1 Å². The van der Waals surface area contributed by atoms with Crippen LogP contribution in [-0.2, 0) is 4.74 Å². The molecule has 2 aliphatic heterocycles. The van der Waals surface area contributed by atoms with Gasteiger partial charge in [-0.05, 0) is 32.1 Å². The van der Waals surface area contributed by atoms with Crippen molar-refractivity contribution in [3.8, 4) is 0 Å². The van der Waals surface area contributed by atoms with Crippen molar-refractivity contribution in [1.29, 1.82) is 0 Å². The first-order valence-electron chi connectivity index (χ1n) is 6.74. The molecule has 2 N–H and O–H groups in total. The maximum atomic E-state index is 6.06. The first kappa shape index (κ1) is 14.6. The molecule has 3 nitrogen and oxygen atoms in total. The van der Waals surface area contributed by atoms with E-state index in [2.05, 4.69) is 18.9 Å². The smallest absolute Gasteiger partial charge is 0.0795 e. The third-order valence-corrected chi connectivity index (χ3v) is 5.83. The minimum absolute atomic E-state index is 0.161. The van der Waals surface area contributed by atoms with Crippen molar-refractivity contribution in [2.24, 2.45) is 11.7 Å². The van der Waals surface area contributed by atoms with Crippen molar-refractivity contribution in [2.45, 2.75) is 37.8 Å². The molecule has 2 fully saturated rings. The zero-order valence-electron chi connectivity index (χ0n) is 11.4. The molecular formula is C13H24N2OS2. The van der Waals surface area contributed by atoms with Gasteiger partial charge < -0.3 is 15.4 Å². The molecular weight excluding hydrogens is 264 g/mol. The number of hydrogen-bond donors (Lipinski definition) is 1. The number of nitrogens with zero attached hydrogens (tertiary/aromatic N) is 1. The third kappa shape index (κ3) is 3.38. The van der Waals surface area contributed by atoms with Crippen LogP contribution in [0, 0.1) is 5.92 Å². The van der Waals surface area contributed by atoms with Gasteiger partial charge in [0.05, 0.1) is 10.6 Å². The van der Waals surface area contributed by atoms with Gasteiger partial charge in [-0.2, -0.15) is 11.8 Å². The fourth-order valence-electron chi connectivity index (χ4n) is 2.91. The van der Waals surface area contributed by atoms with Crippen LogP contribution in [0.1, 0.15) is 26.2 Å². The average Bonchev–Trinajstić information content (AvgIpc) is 2.77. The Morgan fingerprint density at radius 2 is 2.44 bits per heavy atom. The second kappa shape index (κ2) is 6.07. The van der Waals surface area contributed by atoms with Crippen LogP contribution >= 0.6 is 24.0 Å². The Labute approximate surface area is 120 Å². The van der Waals surface area contributed by atoms with Gasteiger partial charge in [0.2, 0.25) is 0 Å². The largest absolute Gasteiger partial charge is 0.393 e. The van der Waals surface area contributed by atoms with Crippen molar-refractivity contribution in [2.75, 3.05) is 31.7 Å². The molecule has 0 aromatic carbocycles. The molecule has 0 amide bonds. The van der Waals surface area contributed by atoms with E-state index < -0.39 is 0 Å². The molecule has 2 saturated heterocycles. The summed E-state index contributed by atoms with van der Waals surface area (Å²) >= 11 is 7.09. The Hall–Kier alpha value is 0.160. The maximum absolute atomic E-state index is 6.06. The summed E-state index contributed by atoms with van der Waals surface area (Å²) in [6.07, 6.45) is 3.51. The Morgan fingerprint density at radius 3 is 3.06 bits per heavy atom. The van der Waals surface area contributed by atoms with Crippen molar-refractivity contribution in [3.63, 3.8) is 0 Å². The van der Waals surface area contributed by atoms with Crippen LogP contribution in [0.15, 0.2) is 0 Å². The normalized spacial score (nSPS) is 34.1. The van der Waals surface area contributed by atoms with E-state index in [1.54, 1.807) is 0 Å². The van der Waals surface area contributed by atoms with Gasteiger partial charge in [-0.3, -0.25) is 0 Å². The van der Waals surface area contributed by atoms with E-state index in [0.717, 1.165) is 19.6 Å². The Bertz CT molecular complexity index is 305. The lowest BCUT2D eigenvalue weighted by Crippen LogP contribution is -2.49. The lowest BCUT2D eigenvalue weighted by atomic mass is 9.89. The van der Waals surface area contributed by atoms with Crippen molar-refractivity contribution in [3.05, 3.63) is 0 Å². The van der Waals surface area contributed by atoms with E-state index in [9.17, 15) is 0 Å². The SMILES string of the molecule is CC(CN(C)C1CCOC2(CCSC2)C1)C(N)=S. The molecule has 5 heteroatoms. The molecule has 2 rings (SSSR count). The van der Waals surface area contributed by atoms with E-state index in [1.165, 1.54) is 24.3 Å². The van der Waals surface area contributed by atoms with Crippen LogP contribution in [-0.4, -0.2) is 53.2 Å². The molecule has 0 radical (unpaired) electrons. The van der Waals surface area contributed by atoms with Crippen molar-refractivity contribution < 1.29 is 4.74 Å². The minimum Gasteiger partial charge on any atom is -0.393 e.